The van der Waals surface area contributed by atoms with Gasteiger partial charge in [-0.05, 0) is 71.1 Å². The van der Waals surface area contributed by atoms with Crippen molar-refractivity contribution in [1.29, 1.82) is 0 Å². The molecule has 0 radical (unpaired) electrons. The number of hydrogen-bond donors (Lipinski definition) is 3. The number of Topliss-reactive ketones (excluding diaryl/α,β-unsaturated/α-hetero) is 1. The van der Waals surface area contributed by atoms with Crippen molar-refractivity contribution in [2.45, 2.75) is 207 Å². The van der Waals surface area contributed by atoms with Gasteiger partial charge in [-0.2, -0.15) is 8.42 Å². The number of ketones is 1. The molecule has 53 heavy (non-hydrogen) atoms. The number of unbranched alkanes of at least 4 members (excludes halogenated alkanes) is 21. The van der Waals surface area contributed by atoms with Crippen LogP contribution in [0.4, 0.5) is 0 Å². The van der Waals surface area contributed by atoms with Crippen molar-refractivity contribution in [3.8, 4) is 0 Å². The first-order chi connectivity index (χ1) is 25.5. The number of amides is 1. The Hall–Kier alpha value is -2.04. The van der Waals surface area contributed by atoms with Crippen LogP contribution in [0.5, 0.6) is 0 Å². The molecule has 2 atom stereocenters. The fourth-order valence-electron chi connectivity index (χ4n) is 6.56. The van der Waals surface area contributed by atoms with Crippen LogP contribution in [-0.2, 0) is 24.2 Å². The van der Waals surface area contributed by atoms with Crippen LogP contribution in [0.2, 0.25) is 0 Å². The first-order valence-corrected chi connectivity index (χ1v) is 22.8. The van der Waals surface area contributed by atoms with Gasteiger partial charge in [0, 0.05) is 19.0 Å². The number of nitrogens with zero attached hydrogens (tertiary/aromatic N) is 1. The van der Waals surface area contributed by atoms with E-state index in [2.05, 4.69) is 58.0 Å². The van der Waals surface area contributed by atoms with Gasteiger partial charge in [0.2, 0.25) is 11.7 Å². The Labute approximate surface area is 326 Å². The number of rotatable bonds is 34. The highest BCUT2D eigenvalue weighted by molar-refractivity contribution is 7.80. The van der Waals surface area contributed by atoms with Gasteiger partial charge in [-0.15, -0.1) is 0 Å². The van der Waals surface area contributed by atoms with Crippen LogP contribution in [0.15, 0.2) is 29.3 Å². The summed E-state index contributed by atoms with van der Waals surface area (Å²) in [6.07, 6.45) is 42.0. The summed E-state index contributed by atoms with van der Waals surface area (Å²) in [6, 6.07) is -0.222. The van der Waals surface area contributed by atoms with Gasteiger partial charge in [0.15, 0.2) is 5.84 Å². The average Bonchev–Trinajstić information content (AvgIpc) is 3.68. The molecule has 1 aliphatic heterocycles. The van der Waals surface area contributed by atoms with Crippen LogP contribution in [-0.4, -0.2) is 56.7 Å². The number of aliphatic imine (C=N–C) groups is 1. The zero-order valence-electron chi connectivity index (χ0n) is 34.7. The predicted octanol–water partition coefficient (Wildman–Crippen LogP) is 11.2. The molecule has 0 saturated heterocycles. The number of nitrogens with one attached hydrogen (secondary N) is 2. The minimum atomic E-state index is -4.16. The van der Waals surface area contributed by atoms with Crippen LogP contribution < -0.4 is 10.6 Å². The van der Waals surface area contributed by atoms with Gasteiger partial charge < -0.3 is 10.6 Å². The van der Waals surface area contributed by atoms with Gasteiger partial charge >= 0.3 is 10.4 Å². The Morgan fingerprint density at radius 3 is 1.55 bits per heavy atom. The molecule has 2 unspecified atom stereocenters. The number of hydrogen-bond acceptors (Lipinski definition) is 7. The van der Waals surface area contributed by atoms with E-state index in [-0.39, 0.29) is 17.7 Å². The topological polar surface area (TPSA) is 134 Å². The number of allylic oxidation sites excluding steroid dienone is 4. The smallest absolute Gasteiger partial charge is 0.366 e. The van der Waals surface area contributed by atoms with E-state index in [9.17, 15) is 18.0 Å². The minimum absolute atomic E-state index is 0.0569. The largest absolute Gasteiger partial charge is 0.397 e. The molecule has 0 saturated carbocycles. The minimum Gasteiger partial charge on any atom is -0.366 e. The first kappa shape index (κ1) is 51.0. The van der Waals surface area contributed by atoms with Crippen LogP contribution >= 0.6 is 0 Å². The van der Waals surface area contributed by atoms with Crippen LogP contribution in [0.25, 0.3) is 0 Å². The molecule has 3 N–H and O–H groups in total. The molecule has 0 bridgehead atoms. The molecule has 1 amide bonds. The van der Waals surface area contributed by atoms with Gasteiger partial charge in [0.1, 0.15) is 0 Å². The van der Waals surface area contributed by atoms with Gasteiger partial charge in [0.25, 0.3) is 0 Å². The van der Waals surface area contributed by atoms with Crippen LogP contribution in [0.1, 0.15) is 201 Å². The Morgan fingerprint density at radius 1 is 0.755 bits per heavy atom. The Morgan fingerprint density at radius 2 is 1.15 bits per heavy atom. The molecule has 0 spiro atoms. The van der Waals surface area contributed by atoms with Crippen molar-refractivity contribution >= 4 is 27.9 Å². The molecular weight excluding hydrogens is 687 g/mol. The average molecular weight is 768 g/mol. The summed E-state index contributed by atoms with van der Waals surface area (Å²) in [7, 11) is -3.29. The third kappa shape index (κ3) is 29.9. The molecule has 0 fully saturated rings. The molecule has 0 aliphatic carbocycles. The van der Waals surface area contributed by atoms with Gasteiger partial charge in [-0.25, -0.2) is 0 Å². The van der Waals surface area contributed by atoms with E-state index in [0.29, 0.717) is 18.8 Å². The van der Waals surface area contributed by atoms with Crippen molar-refractivity contribution in [3.05, 3.63) is 24.3 Å². The van der Waals surface area contributed by atoms with E-state index in [1.54, 1.807) is 0 Å². The third-order valence-corrected chi connectivity index (χ3v) is 10.7. The summed E-state index contributed by atoms with van der Waals surface area (Å²) in [6.45, 7) is 9.97. The fraction of sp³-hybridized carbons (Fsp3) is 0.837. The molecule has 0 aromatic carbocycles. The number of amidine groups is 1. The number of carbonyl (C=O) groups excluding carboxylic acids is 2. The second kappa shape index (κ2) is 34.5. The van der Waals surface area contributed by atoms with E-state index in [1.165, 1.54) is 128 Å². The van der Waals surface area contributed by atoms with Crippen LogP contribution in [0, 0.1) is 5.41 Å². The van der Waals surface area contributed by atoms with E-state index in [0.717, 1.165) is 52.2 Å². The van der Waals surface area contributed by atoms with Crippen molar-refractivity contribution in [2.75, 3.05) is 20.2 Å². The number of carbonyl (C=O) groups is 2. The Bertz CT molecular complexity index is 1110. The SMILES string of the molecule is CCCCCCCC/C=C\CCCCCCCC(=O)NC(C)C(C)(CCCCCC/C=C\CCCCCCCC)C(=O)C1=NCCN1.COS(=O)(=O)O. The summed E-state index contributed by atoms with van der Waals surface area (Å²) < 4.78 is 29.7. The lowest BCUT2D eigenvalue weighted by Crippen LogP contribution is -2.52. The quantitative estimate of drug-likeness (QED) is 0.0337. The lowest BCUT2D eigenvalue weighted by molar-refractivity contribution is -0.126. The van der Waals surface area contributed by atoms with Gasteiger partial charge in [-0.1, -0.05) is 148 Å². The van der Waals surface area contributed by atoms with E-state index in [4.69, 9.17) is 4.55 Å². The Balaban J connectivity index is 0.00000413. The zero-order valence-corrected chi connectivity index (χ0v) is 35.6. The van der Waals surface area contributed by atoms with Crippen molar-refractivity contribution in [3.63, 3.8) is 0 Å². The van der Waals surface area contributed by atoms with E-state index < -0.39 is 15.8 Å². The maximum Gasteiger partial charge on any atom is 0.397 e. The fourth-order valence-corrected chi connectivity index (χ4v) is 6.56. The normalized spacial score (nSPS) is 14.8. The molecule has 310 valence electrons. The lowest BCUT2D eigenvalue weighted by Gasteiger charge is -2.35. The molecule has 1 rings (SSSR count). The molecular formula is C43H81N3O6S. The van der Waals surface area contributed by atoms with E-state index in [1.807, 2.05) is 13.8 Å². The van der Waals surface area contributed by atoms with E-state index >= 15 is 0 Å². The van der Waals surface area contributed by atoms with Gasteiger partial charge in [-0.3, -0.25) is 23.3 Å². The molecule has 0 aromatic rings. The summed E-state index contributed by atoms with van der Waals surface area (Å²) in [5.74, 6) is 0.631. The maximum absolute atomic E-state index is 13.6. The third-order valence-electron chi connectivity index (χ3n) is 10.3. The van der Waals surface area contributed by atoms with Crippen molar-refractivity contribution in [2.24, 2.45) is 10.4 Å². The second-order valence-electron chi connectivity index (χ2n) is 15.1. The standard InChI is InChI=1S/C42H77N3O2.CH4O4S/c1-5-7-9-11-13-15-17-19-21-22-24-26-28-30-32-34-39(46)45-38(3)42(4,40(47)41-43-36-37-44-41)35-33-31-29-27-25-23-20-18-16-14-12-10-8-6-2;1-5-6(2,3)4/h19-21,23,38H,5-18,22,24-37H2,1-4H3,(H,43,44)(H,45,46);1H3,(H,2,3,4)/b21-19-,23-20-;. The second-order valence-corrected chi connectivity index (χ2v) is 16.3. The highest BCUT2D eigenvalue weighted by atomic mass is 32.3. The molecule has 1 aliphatic rings. The van der Waals surface area contributed by atoms with Crippen molar-refractivity contribution in [1.82, 2.24) is 10.6 Å². The van der Waals surface area contributed by atoms with Crippen molar-refractivity contribution < 1.29 is 26.7 Å². The summed E-state index contributed by atoms with van der Waals surface area (Å²) in [5.41, 5.74) is -0.647. The predicted molar refractivity (Wildman–Crippen MR) is 224 cm³/mol. The van der Waals surface area contributed by atoms with Gasteiger partial charge in [0.05, 0.1) is 19.1 Å². The summed E-state index contributed by atoms with van der Waals surface area (Å²) in [5, 5.41) is 6.39. The molecule has 9 nitrogen and oxygen atoms in total. The lowest BCUT2D eigenvalue weighted by atomic mass is 9.74. The molecule has 1 heterocycles. The van der Waals surface area contributed by atoms with Crippen LogP contribution in [0.3, 0.4) is 0 Å². The molecule has 0 aromatic heterocycles. The summed E-state index contributed by atoms with van der Waals surface area (Å²) in [4.78, 5) is 30.9. The highest BCUT2D eigenvalue weighted by Crippen LogP contribution is 2.31. The molecule has 10 heteroatoms. The zero-order chi connectivity index (χ0) is 39.5. The summed E-state index contributed by atoms with van der Waals surface area (Å²) >= 11 is 0. The highest BCUT2D eigenvalue weighted by Gasteiger charge is 2.41. The Kier molecular flexibility index (Phi) is 33.1. The monoisotopic (exact) mass is 768 g/mol. The first-order valence-electron chi connectivity index (χ1n) is 21.5. The maximum atomic E-state index is 13.6.